The van der Waals surface area contributed by atoms with Crippen molar-refractivity contribution in [3.8, 4) is 67.3 Å². The molecule has 2 heterocycles. The molecule has 0 atom stereocenters. The summed E-state index contributed by atoms with van der Waals surface area (Å²) in [5.41, 5.74) is 13.9. The summed E-state index contributed by atoms with van der Waals surface area (Å²) in [7, 11) is 0. The van der Waals surface area contributed by atoms with E-state index in [9.17, 15) is 0 Å². The van der Waals surface area contributed by atoms with E-state index in [0.29, 0.717) is 5.82 Å². The molecule has 0 bridgehead atoms. The van der Waals surface area contributed by atoms with E-state index < -0.39 is 0 Å². The van der Waals surface area contributed by atoms with Gasteiger partial charge < -0.3 is 4.42 Å². The standard InChI is InChI=1S/C48H28N2O/c1-2-10-29(11-3-1)31-20-23-32(24-21-31)48-49-41(34-25-22-30-12-4-5-13-33(30)26-34)28-42(50-48)36-16-8-15-35-40-27-44-47(37-14-6-7-19-43(37)51-44)39-18-9-17-38(45(35)36)46(39)40/h1-28H. The Balaban J connectivity index is 1.13. The van der Waals surface area contributed by atoms with E-state index in [1.165, 1.54) is 54.7 Å². The van der Waals surface area contributed by atoms with Crippen molar-refractivity contribution in [2.45, 2.75) is 0 Å². The van der Waals surface area contributed by atoms with Crippen molar-refractivity contribution in [1.82, 2.24) is 9.97 Å². The normalized spacial score (nSPS) is 11.9. The van der Waals surface area contributed by atoms with Crippen LogP contribution in [0.5, 0.6) is 0 Å². The number of benzene rings is 8. The van der Waals surface area contributed by atoms with Gasteiger partial charge >= 0.3 is 0 Å². The lowest BCUT2D eigenvalue weighted by Crippen LogP contribution is -1.97. The fourth-order valence-electron chi connectivity index (χ4n) is 8.05. The third kappa shape index (κ3) is 4.32. The first-order chi connectivity index (χ1) is 25.3. The van der Waals surface area contributed by atoms with Gasteiger partial charge in [-0.05, 0) is 79.2 Å². The SMILES string of the molecule is c1ccc(-c2ccc(-c3nc(-c4ccc5ccccc5c4)cc(-c4cccc5c4-c4cccc6c4c-5cc4oc5ccccc5c46)n3)cc2)cc1. The second kappa shape index (κ2) is 10.8. The molecular weight excluding hydrogens is 621 g/mol. The first kappa shape index (κ1) is 28.0. The highest BCUT2D eigenvalue weighted by molar-refractivity contribution is 6.28. The Kier molecular flexibility index (Phi) is 5.96. The second-order valence-corrected chi connectivity index (χ2v) is 13.3. The number of hydrogen-bond donors (Lipinski definition) is 0. The van der Waals surface area contributed by atoms with E-state index in [4.69, 9.17) is 14.4 Å². The van der Waals surface area contributed by atoms with Crippen LogP contribution in [0.1, 0.15) is 0 Å². The molecule has 0 fully saturated rings. The molecule has 0 unspecified atom stereocenters. The number of para-hydroxylation sites is 1. The molecule has 0 saturated heterocycles. The summed E-state index contributed by atoms with van der Waals surface area (Å²) in [5.74, 6) is 0.700. The molecule has 2 aromatic heterocycles. The van der Waals surface area contributed by atoms with Crippen LogP contribution in [0.25, 0.3) is 111 Å². The largest absolute Gasteiger partial charge is 0.456 e. The highest BCUT2D eigenvalue weighted by Crippen LogP contribution is 2.53. The molecule has 0 saturated carbocycles. The van der Waals surface area contributed by atoms with E-state index in [1.54, 1.807) is 0 Å². The van der Waals surface area contributed by atoms with E-state index in [1.807, 2.05) is 12.1 Å². The van der Waals surface area contributed by atoms with Gasteiger partial charge in [0.1, 0.15) is 11.2 Å². The lowest BCUT2D eigenvalue weighted by Gasteiger charge is -2.14. The number of hydrogen-bond acceptors (Lipinski definition) is 3. The summed E-state index contributed by atoms with van der Waals surface area (Å²) in [6.07, 6.45) is 0. The average Bonchev–Trinajstić information content (AvgIpc) is 3.74. The molecule has 1 aliphatic rings. The van der Waals surface area contributed by atoms with Crippen LogP contribution < -0.4 is 0 Å². The van der Waals surface area contributed by atoms with Crippen molar-refractivity contribution >= 4 is 43.5 Å². The van der Waals surface area contributed by atoms with Gasteiger partial charge in [0.25, 0.3) is 0 Å². The molecule has 11 rings (SSSR count). The number of furan rings is 1. The zero-order valence-corrected chi connectivity index (χ0v) is 27.5. The Bertz CT molecular complexity index is 3010. The van der Waals surface area contributed by atoms with Gasteiger partial charge in [-0.3, -0.25) is 0 Å². The molecule has 1 aliphatic carbocycles. The summed E-state index contributed by atoms with van der Waals surface area (Å²) >= 11 is 0. The molecule has 0 aliphatic heterocycles. The van der Waals surface area contributed by atoms with Gasteiger partial charge in [-0.2, -0.15) is 0 Å². The van der Waals surface area contributed by atoms with Crippen LogP contribution in [0.15, 0.2) is 174 Å². The maximum Gasteiger partial charge on any atom is 0.160 e. The molecular formula is C48H28N2O. The monoisotopic (exact) mass is 648 g/mol. The third-order valence-electron chi connectivity index (χ3n) is 10.4. The third-order valence-corrected chi connectivity index (χ3v) is 10.4. The topological polar surface area (TPSA) is 38.9 Å². The van der Waals surface area contributed by atoms with Crippen molar-refractivity contribution in [3.63, 3.8) is 0 Å². The van der Waals surface area contributed by atoms with Crippen LogP contribution in [0.2, 0.25) is 0 Å². The minimum atomic E-state index is 0.700. The molecule has 3 heteroatoms. The molecule has 0 radical (unpaired) electrons. The fraction of sp³-hybridized carbons (Fsp3) is 0. The Morgan fingerprint density at radius 2 is 1.02 bits per heavy atom. The molecule has 3 nitrogen and oxygen atoms in total. The van der Waals surface area contributed by atoms with Gasteiger partial charge in [0, 0.05) is 27.5 Å². The molecule has 0 amide bonds. The predicted molar refractivity (Wildman–Crippen MR) is 210 cm³/mol. The molecule has 10 aromatic rings. The summed E-state index contributed by atoms with van der Waals surface area (Å²) < 4.78 is 6.43. The first-order valence-electron chi connectivity index (χ1n) is 17.3. The zero-order valence-electron chi connectivity index (χ0n) is 27.5. The number of aromatic nitrogens is 2. The maximum absolute atomic E-state index is 6.43. The number of nitrogens with zero attached hydrogens (tertiary/aromatic N) is 2. The van der Waals surface area contributed by atoms with Crippen molar-refractivity contribution in [2.75, 3.05) is 0 Å². The van der Waals surface area contributed by atoms with Gasteiger partial charge in [-0.25, -0.2) is 9.97 Å². The van der Waals surface area contributed by atoms with Gasteiger partial charge in [0.2, 0.25) is 0 Å². The van der Waals surface area contributed by atoms with E-state index in [2.05, 4.69) is 158 Å². The maximum atomic E-state index is 6.43. The van der Waals surface area contributed by atoms with Gasteiger partial charge in [-0.15, -0.1) is 0 Å². The van der Waals surface area contributed by atoms with Crippen LogP contribution in [0.3, 0.4) is 0 Å². The second-order valence-electron chi connectivity index (χ2n) is 13.3. The van der Waals surface area contributed by atoms with Gasteiger partial charge in [0.15, 0.2) is 5.82 Å². The molecule has 51 heavy (non-hydrogen) atoms. The Morgan fingerprint density at radius 3 is 1.92 bits per heavy atom. The summed E-state index contributed by atoms with van der Waals surface area (Å²) in [5, 5.41) is 7.18. The molecule has 0 N–H and O–H groups in total. The predicted octanol–water partition coefficient (Wildman–Crippen LogP) is 13.0. The Morgan fingerprint density at radius 1 is 0.353 bits per heavy atom. The van der Waals surface area contributed by atoms with E-state index in [0.717, 1.165) is 50.2 Å². The number of rotatable bonds is 4. The minimum Gasteiger partial charge on any atom is -0.456 e. The quantitative estimate of drug-likeness (QED) is 0.191. The lowest BCUT2D eigenvalue weighted by molar-refractivity contribution is 0.669. The van der Waals surface area contributed by atoms with Crippen LogP contribution >= 0.6 is 0 Å². The highest BCUT2D eigenvalue weighted by Gasteiger charge is 2.28. The summed E-state index contributed by atoms with van der Waals surface area (Å²) in [6.45, 7) is 0. The minimum absolute atomic E-state index is 0.700. The lowest BCUT2D eigenvalue weighted by atomic mass is 9.95. The van der Waals surface area contributed by atoms with Crippen LogP contribution in [-0.4, -0.2) is 9.97 Å². The van der Waals surface area contributed by atoms with Crippen LogP contribution in [0.4, 0.5) is 0 Å². The van der Waals surface area contributed by atoms with Crippen LogP contribution in [-0.2, 0) is 0 Å². The van der Waals surface area contributed by atoms with E-state index in [-0.39, 0.29) is 0 Å². The Labute approximate surface area is 294 Å². The van der Waals surface area contributed by atoms with Crippen LogP contribution in [0, 0.1) is 0 Å². The molecule has 0 spiro atoms. The molecule has 236 valence electrons. The summed E-state index contributed by atoms with van der Waals surface area (Å²) in [6, 6.07) is 60.1. The van der Waals surface area contributed by atoms with Crippen molar-refractivity contribution in [2.24, 2.45) is 0 Å². The zero-order chi connectivity index (χ0) is 33.5. The van der Waals surface area contributed by atoms with Gasteiger partial charge in [-0.1, -0.05) is 146 Å². The highest BCUT2D eigenvalue weighted by atomic mass is 16.3. The average molecular weight is 649 g/mol. The summed E-state index contributed by atoms with van der Waals surface area (Å²) in [4.78, 5) is 10.5. The molecule has 8 aromatic carbocycles. The number of fused-ring (bicyclic) bond motifs is 8. The first-order valence-corrected chi connectivity index (χ1v) is 17.3. The van der Waals surface area contributed by atoms with Crippen molar-refractivity contribution in [3.05, 3.63) is 170 Å². The fourth-order valence-corrected chi connectivity index (χ4v) is 8.05. The van der Waals surface area contributed by atoms with Crippen molar-refractivity contribution in [1.29, 1.82) is 0 Å². The van der Waals surface area contributed by atoms with Crippen molar-refractivity contribution < 1.29 is 4.42 Å². The smallest absolute Gasteiger partial charge is 0.160 e. The van der Waals surface area contributed by atoms with E-state index >= 15 is 0 Å². The Hall–Kier alpha value is -6.84. The van der Waals surface area contributed by atoms with Gasteiger partial charge in [0.05, 0.1) is 11.4 Å².